The van der Waals surface area contributed by atoms with Crippen molar-refractivity contribution in [2.45, 2.75) is 31.7 Å². The maximum Gasteiger partial charge on any atom is 0.253 e. The van der Waals surface area contributed by atoms with Crippen molar-refractivity contribution < 1.29 is 8.78 Å². The van der Waals surface area contributed by atoms with Crippen LogP contribution < -0.4 is 0 Å². The first-order chi connectivity index (χ1) is 5.75. The molecule has 4 heteroatoms. The highest BCUT2D eigenvalue weighted by molar-refractivity contribution is 4.85. The number of halogens is 2. The Kier molecular flexibility index (Phi) is 3.42. The molecule has 0 spiro atoms. The maximum absolute atomic E-state index is 12.3. The van der Waals surface area contributed by atoms with E-state index in [1.54, 1.807) is 4.90 Å². The predicted octanol–water partition coefficient (Wildman–Crippen LogP) is 1.63. The third kappa shape index (κ3) is 2.15. The Morgan fingerprint density at radius 1 is 1.50 bits per heavy atom. The van der Waals surface area contributed by atoms with Crippen molar-refractivity contribution in [3.8, 4) is 6.07 Å². The summed E-state index contributed by atoms with van der Waals surface area (Å²) in [5, 5.41) is 8.38. The molecule has 0 N–H and O–H groups in total. The van der Waals surface area contributed by atoms with Gasteiger partial charge < -0.3 is 0 Å². The van der Waals surface area contributed by atoms with Gasteiger partial charge in [-0.1, -0.05) is 6.42 Å². The molecule has 0 bridgehead atoms. The van der Waals surface area contributed by atoms with E-state index in [0.717, 1.165) is 12.8 Å². The lowest BCUT2D eigenvalue weighted by atomic mass is 10.0. The molecule has 1 aliphatic heterocycles. The lowest BCUT2D eigenvalue weighted by Gasteiger charge is -2.32. The molecule has 0 radical (unpaired) electrons. The summed E-state index contributed by atoms with van der Waals surface area (Å²) >= 11 is 0. The first-order valence-electron chi connectivity index (χ1n) is 4.15. The number of alkyl halides is 2. The number of nitrogens with zero attached hydrogens (tertiary/aromatic N) is 2. The second kappa shape index (κ2) is 4.36. The minimum Gasteiger partial charge on any atom is -0.282 e. The molecule has 68 valence electrons. The zero-order valence-corrected chi connectivity index (χ0v) is 6.84. The maximum atomic E-state index is 12.3. The van der Waals surface area contributed by atoms with Gasteiger partial charge in [0.25, 0.3) is 6.43 Å². The molecule has 1 unspecified atom stereocenters. The second-order valence-electron chi connectivity index (χ2n) is 3.03. The van der Waals surface area contributed by atoms with E-state index < -0.39 is 12.5 Å². The van der Waals surface area contributed by atoms with Crippen LogP contribution in [0.4, 0.5) is 8.78 Å². The van der Waals surface area contributed by atoms with Gasteiger partial charge in [-0.15, -0.1) is 0 Å². The van der Waals surface area contributed by atoms with E-state index in [1.807, 2.05) is 6.07 Å². The molecule has 1 aliphatic rings. The Morgan fingerprint density at radius 2 is 2.25 bits per heavy atom. The van der Waals surface area contributed by atoms with Crippen LogP contribution in [0, 0.1) is 11.3 Å². The van der Waals surface area contributed by atoms with E-state index >= 15 is 0 Å². The molecular formula is C8H12F2N2. The molecule has 1 saturated heterocycles. The molecule has 2 nitrogen and oxygen atoms in total. The molecule has 0 aliphatic carbocycles. The zero-order chi connectivity index (χ0) is 8.97. The SMILES string of the molecule is N#CCN1CCCCC1C(F)F. The summed E-state index contributed by atoms with van der Waals surface area (Å²) in [6, 6.07) is 1.23. The van der Waals surface area contributed by atoms with Gasteiger partial charge in [0.2, 0.25) is 0 Å². The van der Waals surface area contributed by atoms with Gasteiger partial charge in [0.05, 0.1) is 18.7 Å². The Balaban J connectivity index is 2.49. The van der Waals surface area contributed by atoms with Crippen molar-refractivity contribution in [2.75, 3.05) is 13.1 Å². The fraction of sp³-hybridized carbons (Fsp3) is 0.875. The van der Waals surface area contributed by atoms with Crippen LogP contribution in [0.5, 0.6) is 0 Å². The number of hydrogen-bond acceptors (Lipinski definition) is 2. The van der Waals surface area contributed by atoms with Crippen LogP contribution in [0.3, 0.4) is 0 Å². The lowest BCUT2D eigenvalue weighted by Crippen LogP contribution is -2.43. The Morgan fingerprint density at radius 3 is 2.83 bits per heavy atom. The van der Waals surface area contributed by atoms with Gasteiger partial charge in [-0.05, 0) is 19.4 Å². The predicted molar refractivity (Wildman–Crippen MR) is 40.8 cm³/mol. The zero-order valence-electron chi connectivity index (χ0n) is 6.84. The van der Waals surface area contributed by atoms with Crippen LogP contribution >= 0.6 is 0 Å². The highest BCUT2D eigenvalue weighted by atomic mass is 19.3. The molecule has 1 fully saturated rings. The monoisotopic (exact) mass is 174 g/mol. The van der Waals surface area contributed by atoms with Crippen LogP contribution in [-0.4, -0.2) is 30.5 Å². The quantitative estimate of drug-likeness (QED) is 0.595. The lowest BCUT2D eigenvalue weighted by molar-refractivity contribution is 0.0112. The van der Waals surface area contributed by atoms with E-state index in [4.69, 9.17) is 5.26 Å². The molecule has 0 amide bonds. The molecule has 12 heavy (non-hydrogen) atoms. The highest BCUT2D eigenvalue weighted by Crippen LogP contribution is 2.21. The first kappa shape index (κ1) is 9.40. The normalized spacial score (nSPS) is 25.7. The standard InChI is InChI=1S/C8H12F2N2/c9-8(10)7-3-1-2-5-12(7)6-4-11/h7-8H,1-3,5-6H2. The van der Waals surface area contributed by atoms with Gasteiger partial charge in [-0.3, -0.25) is 4.90 Å². The molecule has 1 heterocycles. The fourth-order valence-electron chi connectivity index (χ4n) is 1.59. The number of hydrogen-bond donors (Lipinski definition) is 0. The van der Waals surface area contributed by atoms with Crippen LogP contribution in [0.1, 0.15) is 19.3 Å². The minimum absolute atomic E-state index is 0.134. The van der Waals surface area contributed by atoms with Gasteiger partial charge in [0.15, 0.2) is 0 Å². The minimum atomic E-state index is -2.31. The van der Waals surface area contributed by atoms with Crippen LogP contribution in [0.25, 0.3) is 0 Å². The average Bonchev–Trinajstić information content (AvgIpc) is 2.05. The summed E-state index contributed by atoms with van der Waals surface area (Å²) < 4.78 is 24.7. The van der Waals surface area contributed by atoms with Crippen LogP contribution in [-0.2, 0) is 0 Å². The van der Waals surface area contributed by atoms with Gasteiger partial charge in [0, 0.05) is 0 Å². The van der Waals surface area contributed by atoms with E-state index in [-0.39, 0.29) is 6.54 Å². The van der Waals surface area contributed by atoms with Crippen molar-refractivity contribution in [1.29, 1.82) is 5.26 Å². The first-order valence-corrected chi connectivity index (χ1v) is 4.15. The van der Waals surface area contributed by atoms with E-state index in [9.17, 15) is 8.78 Å². The third-order valence-electron chi connectivity index (χ3n) is 2.23. The molecule has 0 aromatic rings. The Bertz CT molecular complexity index is 176. The number of likely N-dealkylation sites (tertiary alicyclic amines) is 1. The molecular weight excluding hydrogens is 162 g/mol. The van der Waals surface area contributed by atoms with Gasteiger partial charge in [0.1, 0.15) is 0 Å². The fourth-order valence-corrected chi connectivity index (χ4v) is 1.59. The van der Waals surface area contributed by atoms with E-state index in [0.29, 0.717) is 13.0 Å². The molecule has 0 saturated carbocycles. The van der Waals surface area contributed by atoms with Crippen molar-refractivity contribution >= 4 is 0 Å². The number of piperidine rings is 1. The summed E-state index contributed by atoms with van der Waals surface area (Å²) in [6.45, 7) is 0.775. The van der Waals surface area contributed by atoms with Crippen molar-refractivity contribution in [3.05, 3.63) is 0 Å². The van der Waals surface area contributed by atoms with Crippen molar-refractivity contribution in [2.24, 2.45) is 0 Å². The summed E-state index contributed by atoms with van der Waals surface area (Å²) in [7, 11) is 0. The number of nitriles is 1. The van der Waals surface area contributed by atoms with Crippen LogP contribution in [0.2, 0.25) is 0 Å². The molecule has 1 rings (SSSR count). The number of rotatable bonds is 2. The van der Waals surface area contributed by atoms with Crippen LogP contribution in [0.15, 0.2) is 0 Å². The van der Waals surface area contributed by atoms with Crippen molar-refractivity contribution in [3.63, 3.8) is 0 Å². The summed E-state index contributed by atoms with van der Waals surface area (Å²) in [5.41, 5.74) is 0. The van der Waals surface area contributed by atoms with E-state index in [2.05, 4.69) is 0 Å². The third-order valence-corrected chi connectivity index (χ3v) is 2.23. The Labute approximate surface area is 70.8 Å². The topological polar surface area (TPSA) is 27.0 Å². The van der Waals surface area contributed by atoms with Gasteiger partial charge in [-0.2, -0.15) is 5.26 Å². The van der Waals surface area contributed by atoms with Gasteiger partial charge in [-0.25, -0.2) is 8.78 Å². The Hall–Kier alpha value is -0.690. The second-order valence-corrected chi connectivity index (χ2v) is 3.03. The highest BCUT2D eigenvalue weighted by Gasteiger charge is 2.29. The largest absolute Gasteiger partial charge is 0.282 e. The molecule has 0 aromatic carbocycles. The molecule has 0 aromatic heterocycles. The summed E-state index contributed by atoms with van der Waals surface area (Å²) in [5.74, 6) is 0. The van der Waals surface area contributed by atoms with E-state index in [1.165, 1.54) is 0 Å². The average molecular weight is 174 g/mol. The van der Waals surface area contributed by atoms with Crippen molar-refractivity contribution in [1.82, 2.24) is 4.90 Å². The summed E-state index contributed by atoms with van der Waals surface area (Å²) in [4.78, 5) is 1.58. The smallest absolute Gasteiger partial charge is 0.253 e. The molecule has 1 atom stereocenters. The van der Waals surface area contributed by atoms with Gasteiger partial charge >= 0.3 is 0 Å². The summed E-state index contributed by atoms with van der Waals surface area (Å²) in [6.07, 6.45) is 0.0138.